The second-order valence-electron chi connectivity index (χ2n) is 4.26. The van der Waals surface area contributed by atoms with Crippen LogP contribution in [0.5, 0.6) is 0 Å². The largest absolute Gasteiger partial charge is 0.382 e. The normalized spacial score (nSPS) is 19.5. The number of methoxy groups -OCH3 is 1. The Balaban J connectivity index is 1.95. The number of carbonyl (C=O) groups excluding carboxylic acids is 1. The van der Waals surface area contributed by atoms with Crippen LogP contribution in [0, 0.1) is 5.92 Å². The quantitative estimate of drug-likeness (QED) is 0.427. The van der Waals surface area contributed by atoms with Crippen molar-refractivity contribution in [1.29, 1.82) is 0 Å². The molecule has 1 fully saturated rings. The van der Waals surface area contributed by atoms with Crippen molar-refractivity contribution in [3.63, 3.8) is 0 Å². The predicted molar refractivity (Wildman–Crippen MR) is 68.4 cm³/mol. The van der Waals surface area contributed by atoms with E-state index < -0.39 is 0 Å². The fourth-order valence-electron chi connectivity index (χ4n) is 1.82. The summed E-state index contributed by atoms with van der Waals surface area (Å²) in [4.78, 5) is 13.4. The molecule has 1 aliphatic rings. The van der Waals surface area contributed by atoms with Gasteiger partial charge in [0.2, 0.25) is 5.91 Å². The third-order valence-electron chi connectivity index (χ3n) is 2.89. The lowest BCUT2D eigenvalue weighted by Crippen LogP contribution is -2.29. The van der Waals surface area contributed by atoms with Gasteiger partial charge in [0.15, 0.2) is 0 Å². The van der Waals surface area contributed by atoms with E-state index in [2.05, 4.69) is 6.58 Å². The zero-order valence-corrected chi connectivity index (χ0v) is 11.1. The van der Waals surface area contributed by atoms with Crippen LogP contribution in [0.4, 0.5) is 0 Å². The molecule has 1 atom stereocenters. The first-order valence-corrected chi connectivity index (χ1v) is 6.32. The summed E-state index contributed by atoms with van der Waals surface area (Å²) in [5.74, 6) is 0.495. The standard InChI is InChI=1S/C13H23NO4/c1-3-12-10-13(15)14(11-12)4-5-17-8-9-18-7-6-16-2/h3,12H,1,4-11H2,2H3. The lowest BCUT2D eigenvalue weighted by atomic mass is 10.1. The van der Waals surface area contributed by atoms with Gasteiger partial charge < -0.3 is 19.1 Å². The minimum atomic E-state index is 0.194. The number of carbonyl (C=O) groups is 1. The Hall–Kier alpha value is -0.910. The number of hydrogen-bond donors (Lipinski definition) is 0. The second-order valence-corrected chi connectivity index (χ2v) is 4.26. The van der Waals surface area contributed by atoms with Gasteiger partial charge in [-0.15, -0.1) is 6.58 Å². The SMILES string of the molecule is C=CC1CC(=O)N(CCOCCOCCOC)C1. The number of ether oxygens (including phenoxy) is 3. The Kier molecular flexibility index (Phi) is 7.64. The number of nitrogens with zero attached hydrogens (tertiary/aromatic N) is 1. The highest BCUT2D eigenvalue weighted by Crippen LogP contribution is 2.17. The van der Waals surface area contributed by atoms with Gasteiger partial charge in [-0.1, -0.05) is 6.08 Å². The molecule has 18 heavy (non-hydrogen) atoms. The molecule has 1 rings (SSSR count). The van der Waals surface area contributed by atoms with Crippen LogP contribution in [0.3, 0.4) is 0 Å². The molecule has 0 bridgehead atoms. The summed E-state index contributed by atoms with van der Waals surface area (Å²) in [6, 6.07) is 0. The van der Waals surface area contributed by atoms with Gasteiger partial charge in [-0.25, -0.2) is 0 Å². The molecule has 5 heteroatoms. The smallest absolute Gasteiger partial charge is 0.223 e. The number of rotatable bonds is 10. The highest BCUT2D eigenvalue weighted by Gasteiger charge is 2.26. The van der Waals surface area contributed by atoms with E-state index in [0.29, 0.717) is 51.9 Å². The summed E-state index contributed by atoms with van der Waals surface area (Å²) in [6.45, 7) is 8.01. The fourth-order valence-corrected chi connectivity index (χ4v) is 1.82. The molecule has 0 aromatic rings. The molecular weight excluding hydrogens is 234 g/mol. The average molecular weight is 257 g/mol. The van der Waals surface area contributed by atoms with Gasteiger partial charge >= 0.3 is 0 Å². The maximum atomic E-state index is 11.6. The first kappa shape index (κ1) is 15.1. The van der Waals surface area contributed by atoms with Gasteiger partial charge in [-0.2, -0.15) is 0 Å². The fraction of sp³-hybridized carbons (Fsp3) is 0.769. The Morgan fingerprint density at radius 1 is 1.28 bits per heavy atom. The number of hydrogen-bond acceptors (Lipinski definition) is 4. The molecule has 5 nitrogen and oxygen atoms in total. The van der Waals surface area contributed by atoms with Crippen molar-refractivity contribution in [2.45, 2.75) is 6.42 Å². The minimum Gasteiger partial charge on any atom is -0.382 e. The number of likely N-dealkylation sites (tertiary alicyclic amines) is 1. The highest BCUT2D eigenvalue weighted by molar-refractivity contribution is 5.78. The summed E-state index contributed by atoms with van der Waals surface area (Å²) >= 11 is 0. The summed E-state index contributed by atoms with van der Waals surface area (Å²) < 4.78 is 15.5. The molecule has 0 saturated carbocycles. The first-order valence-electron chi connectivity index (χ1n) is 6.32. The Morgan fingerprint density at radius 3 is 2.56 bits per heavy atom. The van der Waals surface area contributed by atoms with Crippen LogP contribution in [0.25, 0.3) is 0 Å². The van der Waals surface area contributed by atoms with E-state index in [1.165, 1.54) is 0 Å². The van der Waals surface area contributed by atoms with Gasteiger partial charge in [0.1, 0.15) is 0 Å². The second kappa shape index (κ2) is 9.08. The molecular formula is C13H23NO4. The lowest BCUT2D eigenvalue weighted by molar-refractivity contribution is -0.128. The van der Waals surface area contributed by atoms with Crippen LogP contribution >= 0.6 is 0 Å². The van der Waals surface area contributed by atoms with Crippen molar-refractivity contribution in [3.05, 3.63) is 12.7 Å². The maximum Gasteiger partial charge on any atom is 0.223 e. The van der Waals surface area contributed by atoms with E-state index in [9.17, 15) is 4.79 Å². The molecule has 104 valence electrons. The van der Waals surface area contributed by atoms with Gasteiger partial charge in [0.05, 0.1) is 33.0 Å². The zero-order valence-electron chi connectivity index (χ0n) is 11.1. The van der Waals surface area contributed by atoms with Crippen LogP contribution in [0.15, 0.2) is 12.7 Å². The monoisotopic (exact) mass is 257 g/mol. The van der Waals surface area contributed by atoms with Crippen molar-refractivity contribution in [2.75, 3.05) is 53.2 Å². The van der Waals surface area contributed by atoms with E-state index in [4.69, 9.17) is 14.2 Å². The van der Waals surface area contributed by atoms with E-state index in [0.717, 1.165) is 6.54 Å². The van der Waals surface area contributed by atoms with Crippen molar-refractivity contribution in [1.82, 2.24) is 4.90 Å². The third-order valence-corrected chi connectivity index (χ3v) is 2.89. The van der Waals surface area contributed by atoms with Crippen LogP contribution in [-0.4, -0.2) is 64.0 Å². The summed E-state index contributed by atoms with van der Waals surface area (Å²) in [7, 11) is 1.64. The first-order chi connectivity index (χ1) is 8.77. The summed E-state index contributed by atoms with van der Waals surface area (Å²) in [5.41, 5.74) is 0. The molecule has 1 heterocycles. The number of amides is 1. The Morgan fingerprint density at radius 2 is 1.94 bits per heavy atom. The third kappa shape index (κ3) is 5.62. The molecule has 1 amide bonds. The van der Waals surface area contributed by atoms with Crippen molar-refractivity contribution < 1.29 is 19.0 Å². The van der Waals surface area contributed by atoms with Gasteiger partial charge in [-0.05, 0) is 0 Å². The zero-order chi connectivity index (χ0) is 13.2. The molecule has 0 aliphatic carbocycles. The summed E-state index contributed by atoms with van der Waals surface area (Å²) in [5, 5.41) is 0. The molecule has 1 unspecified atom stereocenters. The van der Waals surface area contributed by atoms with E-state index in [1.54, 1.807) is 7.11 Å². The maximum absolute atomic E-state index is 11.6. The molecule has 1 aliphatic heterocycles. The van der Waals surface area contributed by atoms with Crippen LogP contribution in [-0.2, 0) is 19.0 Å². The molecule has 0 aromatic carbocycles. The van der Waals surface area contributed by atoms with E-state index >= 15 is 0 Å². The minimum absolute atomic E-state index is 0.194. The Labute approximate surface area is 109 Å². The van der Waals surface area contributed by atoms with Crippen LogP contribution in [0.2, 0.25) is 0 Å². The van der Waals surface area contributed by atoms with Crippen LogP contribution < -0.4 is 0 Å². The molecule has 0 aromatic heterocycles. The lowest BCUT2D eigenvalue weighted by Gasteiger charge is -2.15. The summed E-state index contributed by atoms with van der Waals surface area (Å²) in [6.07, 6.45) is 2.44. The van der Waals surface area contributed by atoms with Crippen molar-refractivity contribution in [2.24, 2.45) is 5.92 Å². The molecule has 0 spiro atoms. The van der Waals surface area contributed by atoms with Gasteiger partial charge in [-0.3, -0.25) is 4.79 Å². The predicted octanol–water partition coefficient (Wildman–Crippen LogP) is 0.701. The molecule has 0 N–H and O–H groups in total. The average Bonchev–Trinajstić information content (AvgIpc) is 2.73. The van der Waals surface area contributed by atoms with Gasteiger partial charge in [0, 0.05) is 32.5 Å². The Bertz CT molecular complexity index is 257. The van der Waals surface area contributed by atoms with Crippen molar-refractivity contribution >= 4 is 5.91 Å². The van der Waals surface area contributed by atoms with Crippen molar-refractivity contribution in [3.8, 4) is 0 Å². The van der Waals surface area contributed by atoms with Crippen LogP contribution in [0.1, 0.15) is 6.42 Å². The van der Waals surface area contributed by atoms with E-state index in [1.807, 2.05) is 11.0 Å². The van der Waals surface area contributed by atoms with Gasteiger partial charge in [0.25, 0.3) is 0 Å². The highest BCUT2D eigenvalue weighted by atomic mass is 16.5. The topological polar surface area (TPSA) is 48.0 Å². The van der Waals surface area contributed by atoms with E-state index in [-0.39, 0.29) is 5.91 Å². The molecule has 0 radical (unpaired) electrons. The molecule has 1 saturated heterocycles.